The molecule has 1 aromatic rings. The maximum atomic E-state index is 12.7. The molecule has 1 fully saturated rings. The fourth-order valence-electron chi connectivity index (χ4n) is 2.70. The first kappa shape index (κ1) is 17.4. The van der Waals surface area contributed by atoms with Crippen molar-refractivity contribution in [3.05, 3.63) is 39.9 Å². The molecule has 1 aliphatic rings. The third kappa shape index (κ3) is 4.28. The average Bonchev–Trinajstić information content (AvgIpc) is 2.84. The lowest BCUT2D eigenvalue weighted by Crippen LogP contribution is -2.43. The summed E-state index contributed by atoms with van der Waals surface area (Å²) >= 11 is 0. The Bertz CT molecular complexity index is 697. The van der Waals surface area contributed by atoms with Crippen molar-refractivity contribution in [3.63, 3.8) is 0 Å². The van der Waals surface area contributed by atoms with E-state index in [1.54, 1.807) is 4.90 Å². The number of carbonyl (C=O) groups excluding carboxylic acids is 1. The number of amides is 1. The van der Waals surface area contributed by atoms with Crippen LogP contribution in [0.3, 0.4) is 0 Å². The molecule has 8 heteroatoms. The lowest BCUT2D eigenvalue weighted by Gasteiger charge is -2.30. The number of benzene rings is 1. The molecule has 126 valence electrons. The second kappa shape index (κ2) is 6.66. The zero-order valence-corrected chi connectivity index (χ0v) is 14.0. The normalized spacial score (nSPS) is 19.7. The Balaban J connectivity index is 2.24. The third-order valence-electron chi connectivity index (χ3n) is 3.80. The molecule has 2 rings (SSSR count). The van der Waals surface area contributed by atoms with Crippen LogP contribution in [0.2, 0.25) is 0 Å². The zero-order valence-electron chi connectivity index (χ0n) is 13.1. The average molecular weight is 340 g/mol. The highest BCUT2D eigenvalue weighted by Gasteiger charge is 2.35. The summed E-state index contributed by atoms with van der Waals surface area (Å²) in [5.74, 6) is -0.00544. The number of nitrogens with zero attached hydrogens (tertiary/aromatic N) is 2. The van der Waals surface area contributed by atoms with Crippen molar-refractivity contribution in [1.29, 1.82) is 0 Å². The molecule has 0 spiro atoms. The van der Waals surface area contributed by atoms with Crippen molar-refractivity contribution < 1.29 is 18.1 Å². The molecule has 1 heterocycles. The highest BCUT2D eigenvalue weighted by atomic mass is 32.2. The Morgan fingerprint density at radius 2 is 1.96 bits per heavy atom. The van der Waals surface area contributed by atoms with Crippen molar-refractivity contribution in [2.45, 2.75) is 26.3 Å². The van der Waals surface area contributed by atoms with E-state index in [2.05, 4.69) is 0 Å². The summed E-state index contributed by atoms with van der Waals surface area (Å²) in [5, 5.41) is 10.7. The number of carbonyl (C=O) groups is 1. The minimum atomic E-state index is -3.09. The second-order valence-electron chi connectivity index (χ2n) is 6.21. The number of nitro benzene ring substituents is 1. The Morgan fingerprint density at radius 3 is 2.39 bits per heavy atom. The topological polar surface area (TPSA) is 97.6 Å². The van der Waals surface area contributed by atoms with Gasteiger partial charge in [-0.2, -0.15) is 0 Å². The van der Waals surface area contributed by atoms with Crippen molar-refractivity contribution in [3.8, 4) is 0 Å². The summed E-state index contributed by atoms with van der Waals surface area (Å²) in [4.78, 5) is 24.5. The van der Waals surface area contributed by atoms with Gasteiger partial charge in [-0.25, -0.2) is 8.42 Å². The molecule has 0 bridgehead atoms. The van der Waals surface area contributed by atoms with Crippen LogP contribution in [0.25, 0.3) is 0 Å². The van der Waals surface area contributed by atoms with Crippen LogP contribution in [0.15, 0.2) is 24.3 Å². The highest BCUT2D eigenvalue weighted by molar-refractivity contribution is 7.91. The first-order valence-corrected chi connectivity index (χ1v) is 9.27. The van der Waals surface area contributed by atoms with Gasteiger partial charge in [-0.05, 0) is 24.5 Å². The summed E-state index contributed by atoms with van der Waals surface area (Å²) in [6.07, 6.45) is 0.438. The summed E-state index contributed by atoms with van der Waals surface area (Å²) < 4.78 is 23.4. The second-order valence-corrected chi connectivity index (χ2v) is 8.44. The van der Waals surface area contributed by atoms with Crippen LogP contribution in [0.5, 0.6) is 0 Å². The number of sulfone groups is 1. The minimum Gasteiger partial charge on any atom is -0.334 e. The molecule has 0 N–H and O–H groups in total. The van der Waals surface area contributed by atoms with Gasteiger partial charge in [0.05, 0.1) is 16.4 Å². The number of nitro groups is 1. The van der Waals surface area contributed by atoms with Gasteiger partial charge in [-0.1, -0.05) is 13.8 Å². The van der Waals surface area contributed by atoms with E-state index in [1.807, 2.05) is 13.8 Å². The minimum absolute atomic E-state index is 0.0154. The summed E-state index contributed by atoms with van der Waals surface area (Å²) in [6.45, 7) is 4.37. The number of hydrogen-bond donors (Lipinski definition) is 0. The van der Waals surface area contributed by atoms with Crippen molar-refractivity contribution >= 4 is 21.4 Å². The maximum absolute atomic E-state index is 12.7. The monoisotopic (exact) mass is 340 g/mol. The molecule has 1 saturated heterocycles. The first-order valence-electron chi connectivity index (χ1n) is 7.45. The van der Waals surface area contributed by atoms with Gasteiger partial charge < -0.3 is 4.90 Å². The largest absolute Gasteiger partial charge is 0.334 e. The van der Waals surface area contributed by atoms with Gasteiger partial charge in [0.1, 0.15) is 0 Å². The van der Waals surface area contributed by atoms with Crippen molar-refractivity contribution in [1.82, 2.24) is 4.90 Å². The molecule has 0 aliphatic carbocycles. The highest BCUT2D eigenvalue weighted by Crippen LogP contribution is 2.22. The van der Waals surface area contributed by atoms with E-state index >= 15 is 0 Å². The van der Waals surface area contributed by atoms with Gasteiger partial charge in [-0.15, -0.1) is 0 Å². The van der Waals surface area contributed by atoms with Crippen LogP contribution in [0.1, 0.15) is 30.6 Å². The summed E-state index contributed by atoms with van der Waals surface area (Å²) in [5.41, 5.74) is 0.251. The van der Waals surface area contributed by atoms with Crippen LogP contribution in [-0.4, -0.2) is 48.2 Å². The molecule has 0 radical (unpaired) electrons. The van der Waals surface area contributed by atoms with Crippen LogP contribution >= 0.6 is 0 Å². The SMILES string of the molecule is CC(C)CN(C(=O)c1ccc([N+](=O)[O-])cc1)[C@H]1CCS(=O)(=O)C1. The standard InChI is InChI=1S/C15H20N2O5S/c1-11(2)9-16(14-7-8-23(21,22)10-14)15(18)12-3-5-13(6-4-12)17(19)20/h3-6,11,14H,7-10H2,1-2H3/t14-/m0/s1. The number of rotatable bonds is 5. The van der Waals surface area contributed by atoms with Crippen LogP contribution in [0.4, 0.5) is 5.69 Å². The molecule has 1 aromatic carbocycles. The lowest BCUT2D eigenvalue weighted by atomic mass is 10.1. The quantitative estimate of drug-likeness (QED) is 0.602. The molecular weight excluding hydrogens is 320 g/mol. The van der Waals surface area contributed by atoms with Gasteiger partial charge in [0.15, 0.2) is 9.84 Å². The predicted octanol–water partition coefficient (Wildman–Crippen LogP) is 1.88. The predicted molar refractivity (Wildman–Crippen MR) is 86.0 cm³/mol. The van der Waals surface area contributed by atoms with Crippen molar-refractivity contribution in [2.75, 3.05) is 18.1 Å². The van der Waals surface area contributed by atoms with Gasteiger partial charge in [0.25, 0.3) is 11.6 Å². The third-order valence-corrected chi connectivity index (χ3v) is 5.55. The molecule has 7 nitrogen and oxygen atoms in total. The van der Waals surface area contributed by atoms with E-state index in [9.17, 15) is 23.3 Å². The molecular formula is C15H20N2O5S. The molecule has 0 saturated carbocycles. The number of hydrogen-bond acceptors (Lipinski definition) is 5. The fraction of sp³-hybridized carbons (Fsp3) is 0.533. The van der Waals surface area contributed by atoms with E-state index in [1.165, 1.54) is 24.3 Å². The Morgan fingerprint density at radius 1 is 1.35 bits per heavy atom. The van der Waals surface area contributed by atoms with Gasteiger partial charge in [0.2, 0.25) is 0 Å². The Kier molecular flexibility index (Phi) is 5.03. The van der Waals surface area contributed by atoms with E-state index in [0.29, 0.717) is 18.5 Å². The summed E-state index contributed by atoms with van der Waals surface area (Å²) in [6, 6.07) is 5.07. The van der Waals surface area contributed by atoms with Crippen LogP contribution < -0.4 is 0 Å². The molecule has 0 unspecified atom stereocenters. The van der Waals surface area contributed by atoms with E-state index in [-0.39, 0.29) is 35.1 Å². The van der Waals surface area contributed by atoms with Gasteiger partial charge >= 0.3 is 0 Å². The van der Waals surface area contributed by atoms with E-state index in [4.69, 9.17) is 0 Å². The zero-order chi connectivity index (χ0) is 17.2. The summed E-state index contributed by atoms with van der Waals surface area (Å²) in [7, 11) is -3.09. The van der Waals surface area contributed by atoms with Crippen LogP contribution in [-0.2, 0) is 9.84 Å². The lowest BCUT2D eigenvalue weighted by molar-refractivity contribution is -0.384. The first-order chi connectivity index (χ1) is 10.7. The molecule has 1 atom stereocenters. The smallest absolute Gasteiger partial charge is 0.269 e. The number of non-ortho nitro benzene ring substituents is 1. The van der Waals surface area contributed by atoms with E-state index in [0.717, 1.165) is 0 Å². The van der Waals surface area contributed by atoms with Crippen LogP contribution in [0, 0.1) is 16.0 Å². The maximum Gasteiger partial charge on any atom is 0.269 e. The molecule has 0 aromatic heterocycles. The van der Waals surface area contributed by atoms with Crippen molar-refractivity contribution in [2.24, 2.45) is 5.92 Å². The molecule has 1 aliphatic heterocycles. The van der Waals surface area contributed by atoms with E-state index < -0.39 is 14.8 Å². The fourth-order valence-corrected chi connectivity index (χ4v) is 4.43. The Labute approximate surface area is 135 Å². The molecule has 1 amide bonds. The molecule has 23 heavy (non-hydrogen) atoms. The Hall–Kier alpha value is -1.96. The van der Waals surface area contributed by atoms with Gasteiger partial charge in [-0.3, -0.25) is 14.9 Å². The van der Waals surface area contributed by atoms with Gasteiger partial charge in [0, 0.05) is 30.3 Å².